The van der Waals surface area contributed by atoms with E-state index in [0.717, 1.165) is 18.7 Å². The fourth-order valence-electron chi connectivity index (χ4n) is 2.92. The number of nitrogens with two attached hydrogens (primary N) is 1. The van der Waals surface area contributed by atoms with Gasteiger partial charge in [-0.05, 0) is 49.8 Å². The second kappa shape index (κ2) is 5.54. The Labute approximate surface area is 117 Å². The SMILES string of the molecule is Cc1ccc(OC2CCCC2CN)c(C(C)(C)C)c1. The number of hydrogen-bond acceptors (Lipinski definition) is 2. The van der Waals surface area contributed by atoms with Crippen LogP contribution in [0.3, 0.4) is 0 Å². The molecule has 0 bridgehead atoms. The van der Waals surface area contributed by atoms with Gasteiger partial charge in [-0.2, -0.15) is 0 Å². The van der Waals surface area contributed by atoms with Crippen LogP contribution in [0.1, 0.15) is 51.2 Å². The van der Waals surface area contributed by atoms with Gasteiger partial charge in [-0.1, -0.05) is 38.5 Å². The second-order valence-corrected chi connectivity index (χ2v) is 6.83. The molecular weight excluding hydrogens is 234 g/mol. The molecule has 1 aromatic rings. The van der Waals surface area contributed by atoms with E-state index in [1.54, 1.807) is 0 Å². The molecule has 1 fully saturated rings. The molecule has 1 aromatic carbocycles. The fraction of sp³-hybridized carbons (Fsp3) is 0.647. The molecule has 0 spiro atoms. The van der Waals surface area contributed by atoms with Crippen molar-refractivity contribution in [1.29, 1.82) is 0 Å². The Balaban J connectivity index is 2.25. The van der Waals surface area contributed by atoms with Crippen LogP contribution in [0.5, 0.6) is 5.75 Å². The smallest absolute Gasteiger partial charge is 0.123 e. The zero-order valence-electron chi connectivity index (χ0n) is 12.7. The molecule has 0 heterocycles. The van der Waals surface area contributed by atoms with Gasteiger partial charge in [0, 0.05) is 5.92 Å². The third-order valence-electron chi connectivity index (χ3n) is 4.11. The van der Waals surface area contributed by atoms with E-state index in [2.05, 4.69) is 45.9 Å². The van der Waals surface area contributed by atoms with E-state index in [1.165, 1.54) is 24.0 Å². The Bertz CT molecular complexity index is 433. The van der Waals surface area contributed by atoms with E-state index in [0.29, 0.717) is 12.0 Å². The number of benzene rings is 1. The Hall–Kier alpha value is -1.02. The molecule has 2 atom stereocenters. The lowest BCUT2D eigenvalue weighted by Gasteiger charge is -2.27. The van der Waals surface area contributed by atoms with Crippen molar-refractivity contribution < 1.29 is 4.74 Å². The molecule has 1 aliphatic rings. The van der Waals surface area contributed by atoms with E-state index in [-0.39, 0.29) is 5.41 Å². The first kappa shape index (κ1) is 14.4. The van der Waals surface area contributed by atoms with Crippen LogP contribution in [0.2, 0.25) is 0 Å². The van der Waals surface area contributed by atoms with E-state index >= 15 is 0 Å². The number of ether oxygens (including phenoxy) is 1. The van der Waals surface area contributed by atoms with Crippen LogP contribution in [0, 0.1) is 12.8 Å². The minimum atomic E-state index is 0.109. The van der Waals surface area contributed by atoms with Crippen molar-refractivity contribution in [2.45, 2.75) is 58.5 Å². The summed E-state index contributed by atoms with van der Waals surface area (Å²) in [6, 6.07) is 6.51. The highest BCUT2D eigenvalue weighted by molar-refractivity contribution is 5.41. The number of hydrogen-bond donors (Lipinski definition) is 1. The molecule has 106 valence electrons. The molecule has 19 heavy (non-hydrogen) atoms. The first-order chi connectivity index (χ1) is 8.91. The van der Waals surface area contributed by atoms with Crippen LogP contribution in [0.25, 0.3) is 0 Å². The van der Waals surface area contributed by atoms with Crippen molar-refractivity contribution in [2.24, 2.45) is 11.7 Å². The average molecular weight is 261 g/mol. The van der Waals surface area contributed by atoms with Gasteiger partial charge in [-0.25, -0.2) is 0 Å². The van der Waals surface area contributed by atoms with E-state index in [4.69, 9.17) is 10.5 Å². The van der Waals surface area contributed by atoms with Crippen LogP contribution >= 0.6 is 0 Å². The molecule has 0 radical (unpaired) electrons. The zero-order chi connectivity index (χ0) is 14.0. The molecule has 2 N–H and O–H groups in total. The molecule has 0 aliphatic heterocycles. The molecule has 2 unspecified atom stereocenters. The van der Waals surface area contributed by atoms with E-state index in [9.17, 15) is 0 Å². The Kier molecular flexibility index (Phi) is 4.19. The predicted molar refractivity (Wildman–Crippen MR) is 80.7 cm³/mol. The van der Waals surface area contributed by atoms with Crippen molar-refractivity contribution in [3.05, 3.63) is 29.3 Å². The highest BCUT2D eigenvalue weighted by atomic mass is 16.5. The molecule has 0 aromatic heterocycles. The molecular formula is C17H27NO. The predicted octanol–water partition coefficient (Wildman–Crippen LogP) is 3.80. The van der Waals surface area contributed by atoms with Crippen LogP contribution in [0.15, 0.2) is 18.2 Å². The summed E-state index contributed by atoms with van der Waals surface area (Å²) in [6.45, 7) is 9.59. The summed E-state index contributed by atoms with van der Waals surface area (Å²) in [5.74, 6) is 1.57. The Morgan fingerprint density at radius 2 is 2.00 bits per heavy atom. The maximum Gasteiger partial charge on any atom is 0.123 e. The molecule has 2 nitrogen and oxygen atoms in total. The summed E-state index contributed by atoms with van der Waals surface area (Å²) >= 11 is 0. The summed E-state index contributed by atoms with van der Waals surface area (Å²) in [7, 11) is 0. The zero-order valence-corrected chi connectivity index (χ0v) is 12.7. The van der Waals surface area contributed by atoms with Crippen LogP contribution < -0.4 is 10.5 Å². The molecule has 0 saturated heterocycles. The van der Waals surface area contributed by atoms with Crippen LogP contribution in [-0.2, 0) is 5.41 Å². The highest BCUT2D eigenvalue weighted by Gasteiger charge is 2.29. The molecule has 1 aliphatic carbocycles. The summed E-state index contributed by atoms with van der Waals surface area (Å²) in [5, 5.41) is 0. The molecule has 1 saturated carbocycles. The minimum absolute atomic E-state index is 0.109. The van der Waals surface area contributed by atoms with Gasteiger partial charge < -0.3 is 10.5 Å². The van der Waals surface area contributed by atoms with Crippen molar-refractivity contribution in [1.82, 2.24) is 0 Å². The normalized spacial score (nSPS) is 23.6. The van der Waals surface area contributed by atoms with Crippen molar-refractivity contribution in [3.63, 3.8) is 0 Å². The maximum absolute atomic E-state index is 6.31. The van der Waals surface area contributed by atoms with E-state index in [1.807, 2.05) is 0 Å². The second-order valence-electron chi connectivity index (χ2n) is 6.83. The fourth-order valence-corrected chi connectivity index (χ4v) is 2.92. The van der Waals surface area contributed by atoms with Gasteiger partial charge >= 0.3 is 0 Å². The van der Waals surface area contributed by atoms with Crippen molar-refractivity contribution >= 4 is 0 Å². The summed E-state index contributed by atoms with van der Waals surface area (Å²) in [6.07, 6.45) is 3.88. The monoisotopic (exact) mass is 261 g/mol. The lowest BCUT2D eigenvalue weighted by Crippen LogP contribution is -2.28. The van der Waals surface area contributed by atoms with Gasteiger partial charge in [-0.3, -0.25) is 0 Å². The number of aryl methyl sites for hydroxylation is 1. The Morgan fingerprint density at radius 3 is 2.63 bits per heavy atom. The largest absolute Gasteiger partial charge is 0.490 e. The lowest BCUT2D eigenvalue weighted by molar-refractivity contribution is 0.159. The third kappa shape index (κ3) is 3.30. The number of rotatable bonds is 3. The van der Waals surface area contributed by atoms with Gasteiger partial charge in [0.2, 0.25) is 0 Å². The van der Waals surface area contributed by atoms with E-state index < -0.39 is 0 Å². The van der Waals surface area contributed by atoms with Gasteiger partial charge in [-0.15, -0.1) is 0 Å². The quantitative estimate of drug-likeness (QED) is 0.898. The van der Waals surface area contributed by atoms with Gasteiger partial charge in [0.15, 0.2) is 0 Å². The maximum atomic E-state index is 6.31. The Morgan fingerprint density at radius 1 is 1.26 bits per heavy atom. The molecule has 2 heteroatoms. The average Bonchev–Trinajstić information content (AvgIpc) is 2.77. The lowest BCUT2D eigenvalue weighted by atomic mass is 9.85. The summed E-state index contributed by atoms with van der Waals surface area (Å²) in [4.78, 5) is 0. The minimum Gasteiger partial charge on any atom is -0.490 e. The highest BCUT2D eigenvalue weighted by Crippen LogP contribution is 2.36. The summed E-state index contributed by atoms with van der Waals surface area (Å²) in [5.41, 5.74) is 8.55. The van der Waals surface area contributed by atoms with Crippen LogP contribution in [-0.4, -0.2) is 12.6 Å². The first-order valence-corrected chi connectivity index (χ1v) is 7.39. The topological polar surface area (TPSA) is 35.2 Å². The van der Waals surface area contributed by atoms with Crippen molar-refractivity contribution in [2.75, 3.05) is 6.54 Å². The first-order valence-electron chi connectivity index (χ1n) is 7.39. The van der Waals surface area contributed by atoms with Crippen molar-refractivity contribution in [3.8, 4) is 5.75 Å². The summed E-state index contributed by atoms with van der Waals surface area (Å²) < 4.78 is 6.31. The van der Waals surface area contributed by atoms with Gasteiger partial charge in [0.25, 0.3) is 0 Å². The third-order valence-corrected chi connectivity index (χ3v) is 4.11. The standard InChI is InChI=1S/C17H27NO/c1-12-8-9-16(14(10-12)17(2,3)4)19-15-7-5-6-13(15)11-18/h8-10,13,15H,5-7,11,18H2,1-4H3. The van der Waals surface area contributed by atoms with Gasteiger partial charge in [0.05, 0.1) is 0 Å². The van der Waals surface area contributed by atoms with Gasteiger partial charge in [0.1, 0.15) is 11.9 Å². The van der Waals surface area contributed by atoms with Crippen LogP contribution in [0.4, 0.5) is 0 Å². The molecule has 2 rings (SSSR count). The molecule has 0 amide bonds.